The second-order valence-electron chi connectivity index (χ2n) is 6.54. The lowest BCUT2D eigenvalue weighted by Crippen LogP contribution is -2.49. The predicted octanol–water partition coefficient (Wildman–Crippen LogP) is 2.11. The van der Waals surface area contributed by atoms with Crippen LogP contribution in [0.3, 0.4) is 0 Å². The normalized spacial score (nSPS) is 20.6. The highest BCUT2D eigenvalue weighted by atomic mass is 16.5. The molecule has 0 radical (unpaired) electrons. The van der Waals surface area contributed by atoms with Gasteiger partial charge in [0.1, 0.15) is 0 Å². The average molecular weight is 242 g/mol. The third-order valence-electron chi connectivity index (χ3n) is 4.01. The van der Waals surface area contributed by atoms with Crippen molar-refractivity contribution in [3.8, 4) is 0 Å². The molecule has 0 saturated heterocycles. The summed E-state index contributed by atoms with van der Waals surface area (Å²) in [6, 6.07) is 0.874. The number of nitrogens with two attached hydrogens (primary N) is 1. The maximum absolute atomic E-state index is 6.30. The van der Waals surface area contributed by atoms with Crippen LogP contribution in [-0.4, -0.2) is 43.8 Å². The van der Waals surface area contributed by atoms with E-state index in [-0.39, 0.29) is 11.5 Å². The summed E-state index contributed by atoms with van der Waals surface area (Å²) in [5.74, 6) is 0.888. The smallest absolute Gasteiger partial charge is 0.0589 e. The van der Waals surface area contributed by atoms with Gasteiger partial charge in [0.15, 0.2) is 0 Å². The maximum atomic E-state index is 6.30. The zero-order valence-corrected chi connectivity index (χ0v) is 12.2. The van der Waals surface area contributed by atoms with E-state index < -0.39 is 0 Å². The fourth-order valence-corrected chi connectivity index (χ4v) is 2.07. The number of ether oxygens (including phenoxy) is 1. The predicted molar refractivity (Wildman–Crippen MR) is 73.1 cm³/mol. The van der Waals surface area contributed by atoms with Gasteiger partial charge in [-0.15, -0.1) is 0 Å². The van der Waals surface area contributed by atoms with Crippen molar-refractivity contribution in [1.82, 2.24) is 4.90 Å². The second kappa shape index (κ2) is 6.17. The minimum atomic E-state index is 0.175. The van der Waals surface area contributed by atoms with Crippen molar-refractivity contribution in [3.63, 3.8) is 0 Å². The van der Waals surface area contributed by atoms with Crippen LogP contribution >= 0.6 is 0 Å². The van der Waals surface area contributed by atoms with E-state index in [4.69, 9.17) is 10.5 Å². The molecule has 102 valence electrons. The van der Waals surface area contributed by atoms with E-state index in [1.165, 1.54) is 12.8 Å². The molecule has 0 bridgehead atoms. The van der Waals surface area contributed by atoms with Crippen molar-refractivity contribution in [1.29, 1.82) is 0 Å². The highest BCUT2D eigenvalue weighted by Crippen LogP contribution is 2.35. The van der Waals surface area contributed by atoms with Crippen molar-refractivity contribution in [2.45, 2.75) is 52.6 Å². The molecule has 1 fully saturated rings. The van der Waals surface area contributed by atoms with E-state index in [2.05, 4.69) is 32.6 Å². The summed E-state index contributed by atoms with van der Waals surface area (Å²) in [6.45, 7) is 11.8. The Morgan fingerprint density at radius 1 is 1.35 bits per heavy atom. The molecule has 2 N–H and O–H groups in total. The molecule has 1 aliphatic rings. The maximum Gasteiger partial charge on any atom is 0.0589 e. The number of rotatable bonds is 7. The lowest BCUT2D eigenvalue weighted by atomic mass is 9.87. The van der Waals surface area contributed by atoms with Crippen LogP contribution in [0.5, 0.6) is 0 Å². The number of methoxy groups -OCH3 is 1. The molecule has 3 nitrogen and oxygen atoms in total. The Morgan fingerprint density at radius 3 is 2.35 bits per heavy atom. The van der Waals surface area contributed by atoms with Gasteiger partial charge in [-0.05, 0) is 31.1 Å². The van der Waals surface area contributed by atoms with Crippen LogP contribution in [0.1, 0.15) is 40.5 Å². The molecule has 0 amide bonds. The summed E-state index contributed by atoms with van der Waals surface area (Å²) < 4.78 is 5.21. The molecule has 0 aromatic carbocycles. The van der Waals surface area contributed by atoms with Gasteiger partial charge < -0.3 is 10.5 Å². The first-order chi connectivity index (χ1) is 7.86. The molecule has 0 aromatic heterocycles. The molecule has 2 atom stereocenters. The molecular weight excluding hydrogens is 212 g/mol. The molecular formula is C14H30N2O. The van der Waals surface area contributed by atoms with E-state index in [1.54, 1.807) is 7.11 Å². The van der Waals surface area contributed by atoms with E-state index >= 15 is 0 Å². The Hall–Kier alpha value is -0.120. The Bertz CT molecular complexity index is 221. The summed E-state index contributed by atoms with van der Waals surface area (Å²) in [4.78, 5) is 2.51. The molecule has 0 aromatic rings. The summed E-state index contributed by atoms with van der Waals surface area (Å²) in [5, 5.41) is 0. The molecule has 1 saturated carbocycles. The van der Waals surface area contributed by atoms with E-state index in [1.807, 2.05) is 0 Å². The molecule has 1 unspecified atom stereocenters. The molecule has 0 heterocycles. The van der Waals surface area contributed by atoms with Gasteiger partial charge in [0, 0.05) is 32.3 Å². The van der Waals surface area contributed by atoms with Crippen LogP contribution in [0.25, 0.3) is 0 Å². The lowest BCUT2D eigenvalue weighted by Gasteiger charge is -2.36. The van der Waals surface area contributed by atoms with E-state index in [0.717, 1.165) is 25.6 Å². The quantitative estimate of drug-likeness (QED) is 0.743. The zero-order valence-electron chi connectivity index (χ0n) is 12.2. The standard InChI is InChI=1S/C14H30N2O/c1-11(12-6-7-12)16(8-9-17-5)10-13(15)14(2,3)4/h11-13H,6-10,15H2,1-5H3/t11?,13-/m0/s1. The first-order valence-corrected chi connectivity index (χ1v) is 6.85. The van der Waals surface area contributed by atoms with Gasteiger partial charge >= 0.3 is 0 Å². The van der Waals surface area contributed by atoms with Gasteiger partial charge in [-0.2, -0.15) is 0 Å². The molecule has 0 aliphatic heterocycles. The number of hydrogen-bond donors (Lipinski definition) is 1. The van der Waals surface area contributed by atoms with Crippen LogP contribution < -0.4 is 5.73 Å². The summed E-state index contributed by atoms with van der Waals surface area (Å²) in [5.41, 5.74) is 6.47. The van der Waals surface area contributed by atoms with Crippen molar-refractivity contribution in [3.05, 3.63) is 0 Å². The SMILES string of the molecule is COCCN(C[C@H](N)C(C)(C)C)C(C)C1CC1. The van der Waals surface area contributed by atoms with Crippen LogP contribution in [0.4, 0.5) is 0 Å². The fraction of sp³-hybridized carbons (Fsp3) is 1.00. The first-order valence-electron chi connectivity index (χ1n) is 6.85. The Balaban J connectivity index is 2.50. The highest BCUT2D eigenvalue weighted by molar-refractivity contribution is 4.88. The first kappa shape index (κ1) is 14.9. The van der Waals surface area contributed by atoms with Crippen LogP contribution in [0.2, 0.25) is 0 Å². The Labute approximate surface area is 107 Å². The third-order valence-corrected chi connectivity index (χ3v) is 4.01. The third kappa shape index (κ3) is 4.94. The fourth-order valence-electron chi connectivity index (χ4n) is 2.07. The van der Waals surface area contributed by atoms with Crippen LogP contribution in [0, 0.1) is 11.3 Å². The van der Waals surface area contributed by atoms with Crippen LogP contribution in [0.15, 0.2) is 0 Å². The molecule has 1 aliphatic carbocycles. The van der Waals surface area contributed by atoms with E-state index in [0.29, 0.717) is 6.04 Å². The number of hydrogen-bond acceptors (Lipinski definition) is 3. The second-order valence-corrected chi connectivity index (χ2v) is 6.54. The van der Waals surface area contributed by atoms with Crippen LogP contribution in [-0.2, 0) is 4.74 Å². The van der Waals surface area contributed by atoms with E-state index in [9.17, 15) is 0 Å². The zero-order chi connectivity index (χ0) is 13.1. The topological polar surface area (TPSA) is 38.5 Å². The van der Waals surface area contributed by atoms with Gasteiger partial charge in [-0.1, -0.05) is 20.8 Å². The molecule has 0 spiro atoms. The van der Waals surface area contributed by atoms with Gasteiger partial charge in [0.05, 0.1) is 6.61 Å². The minimum absolute atomic E-state index is 0.175. The highest BCUT2D eigenvalue weighted by Gasteiger charge is 2.33. The van der Waals surface area contributed by atoms with Crippen molar-refractivity contribution in [2.24, 2.45) is 17.1 Å². The van der Waals surface area contributed by atoms with Gasteiger partial charge in [0.25, 0.3) is 0 Å². The minimum Gasteiger partial charge on any atom is -0.383 e. The average Bonchev–Trinajstić information content (AvgIpc) is 3.05. The molecule has 1 rings (SSSR count). The van der Waals surface area contributed by atoms with Crippen molar-refractivity contribution in [2.75, 3.05) is 26.8 Å². The Morgan fingerprint density at radius 2 is 1.94 bits per heavy atom. The summed E-state index contributed by atoms with van der Waals surface area (Å²) >= 11 is 0. The van der Waals surface area contributed by atoms with Gasteiger partial charge in [-0.3, -0.25) is 4.90 Å². The lowest BCUT2D eigenvalue weighted by molar-refractivity contribution is 0.0980. The van der Waals surface area contributed by atoms with Gasteiger partial charge in [-0.25, -0.2) is 0 Å². The van der Waals surface area contributed by atoms with Crippen molar-refractivity contribution < 1.29 is 4.74 Å². The van der Waals surface area contributed by atoms with Gasteiger partial charge in [0.2, 0.25) is 0 Å². The monoisotopic (exact) mass is 242 g/mol. The largest absolute Gasteiger partial charge is 0.383 e. The number of nitrogens with zero attached hydrogens (tertiary/aromatic N) is 1. The molecule has 3 heteroatoms. The molecule has 17 heavy (non-hydrogen) atoms. The summed E-state index contributed by atoms with van der Waals surface area (Å²) in [7, 11) is 1.77. The summed E-state index contributed by atoms with van der Waals surface area (Å²) in [6.07, 6.45) is 2.77. The van der Waals surface area contributed by atoms with Crippen molar-refractivity contribution >= 4 is 0 Å². The Kier molecular flexibility index (Phi) is 5.42.